The maximum atomic E-state index is 13.2. The fourth-order valence-electron chi connectivity index (χ4n) is 6.72. The summed E-state index contributed by atoms with van der Waals surface area (Å²) in [7, 11) is 0. The van der Waals surface area contributed by atoms with Crippen molar-refractivity contribution in [1.82, 2.24) is 0 Å². The van der Waals surface area contributed by atoms with E-state index in [0.717, 1.165) is 12.8 Å². The lowest BCUT2D eigenvalue weighted by Gasteiger charge is -2.67. The van der Waals surface area contributed by atoms with Crippen LogP contribution in [0.25, 0.3) is 0 Å². The Balaban J connectivity index is 1.78. The van der Waals surface area contributed by atoms with Crippen LogP contribution in [0.5, 0.6) is 0 Å². The minimum atomic E-state index is -0.987. The first-order valence-corrected chi connectivity index (χ1v) is 9.17. The molecule has 0 aromatic heterocycles. The molecule has 2 saturated carbocycles. The van der Waals surface area contributed by atoms with E-state index in [9.17, 15) is 15.0 Å². The lowest BCUT2D eigenvalue weighted by Crippen LogP contribution is -2.76. The van der Waals surface area contributed by atoms with E-state index in [0.29, 0.717) is 25.2 Å². The summed E-state index contributed by atoms with van der Waals surface area (Å²) in [6, 6.07) is 0. The second-order valence-corrected chi connectivity index (χ2v) is 9.08. The Morgan fingerprint density at radius 2 is 2.08 bits per heavy atom. The Morgan fingerprint density at radius 3 is 2.79 bits per heavy atom. The van der Waals surface area contributed by atoms with Gasteiger partial charge in [-0.2, -0.15) is 0 Å². The van der Waals surface area contributed by atoms with Crippen molar-refractivity contribution in [1.29, 1.82) is 0 Å². The fourth-order valence-corrected chi connectivity index (χ4v) is 6.72. The first-order chi connectivity index (χ1) is 11.3. The first kappa shape index (κ1) is 15.4. The average Bonchev–Trinajstić information content (AvgIpc) is 3.01. The number of carbonyl (C=O) groups is 1. The van der Waals surface area contributed by atoms with Gasteiger partial charge in [-0.3, -0.25) is 4.79 Å². The first-order valence-electron chi connectivity index (χ1n) is 9.17. The summed E-state index contributed by atoms with van der Waals surface area (Å²) in [6.07, 6.45) is 2.57. The monoisotopic (exact) mass is 334 g/mol. The molecule has 0 radical (unpaired) electrons. The van der Waals surface area contributed by atoms with Crippen molar-refractivity contribution in [2.75, 3.05) is 6.61 Å². The van der Waals surface area contributed by atoms with Crippen molar-refractivity contribution in [2.24, 2.45) is 16.7 Å². The molecule has 5 nitrogen and oxygen atoms in total. The second kappa shape index (κ2) is 4.08. The molecule has 3 heterocycles. The van der Waals surface area contributed by atoms with Gasteiger partial charge in [0, 0.05) is 11.8 Å². The van der Waals surface area contributed by atoms with E-state index in [1.165, 1.54) is 11.1 Å². The van der Waals surface area contributed by atoms with Crippen molar-refractivity contribution < 1.29 is 24.5 Å². The molecular formula is C19H26O5. The van der Waals surface area contributed by atoms with E-state index in [1.807, 2.05) is 0 Å². The normalized spacial score (nSPS) is 57.9. The van der Waals surface area contributed by atoms with Gasteiger partial charge in [-0.1, -0.05) is 13.8 Å². The zero-order valence-corrected chi connectivity index (χ0v) is 14.6. The predicted octanol–water partition coefficient (Wildman–Crippen LogP) is 1.71. The average molecular weight is 334 g/mol. The number of esters is 1. The van der Waals surface area contributed by atoms with Gasteiger partial charge in [-0.15, -0.1) is 0 Å². The largest absolute Gasteiger partial charge is 0.455 e. The molecule has 0 aromatic carbocycles. The summed E-state index contributed by atoms with van der Waals surface area (Å²) in [6.45, 7) is 6.23. The molecule has 3 bridgehead atoms. The van der Waals surface area contributed by atoms with E-state index < -0.39 is 22.7 Å². The third-order valence-electron chi connectivity index (χ3n) is 8.55. The number of aliphatic hydroxyl groups excluding tert-OH is 2. The number of aliphatic hydroxyl groups is 2. The molecule has 5 rings (SSSR count). The van der Waals surface area contributed by atoms with Crippen molar-refractivity contribution >= 4 is 5.97 Å². The summed E-state index contributed by atoms with van der Waals surface area (Å²) in [5.41, 5.74) is -0.524. The number of hydrogen-bond acceptors (Lipinski definition) is 5. The van der Waals surface area contributed by atoms with Gasteiger partial charge in [-0.25, -0.2) is 0 Å². The van der Waals surface area contributed by atoms with Gasteiger partial charge < -0.3 is 19.7 Å². The molecule has 5 heteroatoms. The van der Waals surface area contributed by atoms with Crippen LogP contribution in [0.1, 0.15) is 52.9 Å². The predicted molar refractivity (Wildman–Crippen MR) is 85.0 cm³/mol. The topological polar surface area (TPSA) is 76.0 Å². The number of hydrogen-bond donors (Lipinski definition) is 2. The van der Waals surface area contributed by atoms with Crippen molar-refractivity contribution in [3.05, 3.63) is 11.1 Å². The van der Waals surface area contributed by atoms with Gasteiger partial charge in [0.1, 0.15) is 16.6 Å². The Morgan fingerprint density at radius 1 is 1.33 bits per heavy atom. The van der Waals surface area contributed by atoms with E-state index in [4.69, 9.17) is 9.47 Å². The summed E-state index contributed by atoms with van der Waals surface area (Å²) in [5.74, 6) is -0.0186. The Bertz CT molecular complexity index is 685. The molecule has 2 saturated heterocycles. The minimum Gasteiger partial charge on any atom is -0.455 e. The van der Waals surface area contributed by atoms with E-state index in [1.54, 1.807) is 0 Å². The summed E-state index contributed by atoms with van der Waals surface area (Å²) >= 11 is 0. The third kappa shape index (κ3) is 1.23. The highest BCUT2D eigenvalue weighted by Gasteiger charge is 2.81. The van der Waals surface area contributed by atoms with Crippen molar-refractivity contribution in [3.8, 4) is 0 Å². The quantitative estimate of drug-likeness (QED) is 0.564. The molecule has 7 unspecified atom stereocenters. The number of carbonyl (C=O) groups excluding carboxylic acids is 1. The third-order valence-corrected chi connectivity index (χ3v) is 8.55. The molecule has 0 amide bonds. The van der Waals surface area contributed by atoms with Crippen LogP contribution < -0.4 is 0 Å². The Kier molecular flexibility index (Phi) is 2.61. The van der Waals surface area contributed by atoms with Gasteiger partial charge in [0.15, 0.2) is 0 Å². The van der Waals surface area contributed by atoms with Gasteiger partial charge in [0.05, 0.1) is 18.8 Å². The molecule has 5 aliphatic rings. The van der Waals surface area contributed by atoms with Crippen LogP contribution in [0.15, 0.2) is 11.1 Å². The Hall–Kier alpha value is -0.910. The fraction of sp³-hybridized carbons (Fsp3) is 0.842. The van der Waals surface area contributed by atoms with Gasteiger partial charge in [0.2, 0.25) is 0 Å². The lowest BCUT2D eigenvalue weighted by molar-refractivity contribution is -0.292. The summed E-state index contributed by atoms with van der Waals surface area (Å²) in [5, 5.41) is 21.1. The number of rotatable bonds is 1. The number of fused-ring (bicyclic) bond motifs is 1. The van der Waals surface area contributed by atoms with E-state index in [-0.39, 0.29) is 24.1 Å². The van der Waals surface area contributed by atoms with Crippen LogP contribution in [0.4, 0.5) is 0 Å². The molecule has 24 heavy (non-hydrogen) atoms. The van der Waals surface area contributed by atoms with Gasteiger partial charge in [-0.05, 0) is 49.7 Å². The molecule has 2 aliphatic carbocycles. The molecule has 4 fully saturated rings. The molecule has 7 atom stereocenters. The zero-order valence-electron chi connectivity index (χ0n) is 14.6. The summed E-state index contributed by atoms with van der Waals surface area (Å²) in [4.78, 5) is 13.2. The number of ether oxygens (including phenoxy) is 2. The minimum absolute atomic E-state index is 0.106. The van der Waals surface area contributed by atoms with Crippen LogP contribution >= 0.6 is 0 Å². The second-order valence-electron chi connectivity index (χ2n) is 9.08. The molecule has 3 aliphatic heterocycles. The molecule has 0 aromatic rings. The van der Waals surface area contributed by atoms with Crippen LogP contribution in [0.3, 0.4) is 0 Å². The van der Waals surface area contributed by atoms with Gasteiger partial charge >= 0.3 is 5.97 Å². The van der Waals surface area contributed by atoms with Crippen LogP contribution in [0, 0.1) is 16.7 Å². The van der Waals surface area contributed by atoms with Gasteiger partial charge in [0.25, 0.3) is 0 Å². The smallest absolute Gasteiger partial charge is 0.318 e. The highest BCUT2D eigenvalue weighted by molar-refractivity contribution is 5.84. The van der Waals surface area contributed by atoms with Crippen LogP contribution in [0.2, 0.25) is 0 Å². The van der Waals surface area contributed by atoms with Crippen LogP contribution in [-0.2, 0) is 14.3 Å². The zero-order chi connectivity index (χ0) is 17.1. The van der Waals surface area contributed by atoms with Crippen LogP contribution in [-0.4, -0.2) is 46.2 Å². The lowest BCUT2D eigenvalue weighted by atomic mass is 9.43. The SMILES string of the molecule is CC1=C2CC3(C)C(C)CCC(O)C34CC23OC1CC3(CO)C(=O)O4. The highest BCUT2D eigenvalue weighted by Crippen LogP contribution is 2.73. The molecule has 2 N–H and O–H groups in total. The maximum absolute atomic E-state index is 13.2. The molecule has 132 valence electrons. The standard InChI is InChI=1S/C19H26O5/c1-10-4-5-14(21)19-8-18-12(6-16(10,19)3)11(2)13(23-18)7-17(18,9-20)15(22)24-19/h10,13-14,20-21H,4-9H2,1-3H3. The maximum Gasteiger partial charge on any atom is 0.318 e. The molecule has 2 spiro atoms. The highest BCUT2D eigenvalue weighted by atomic mass is 16.6. The van der Waals surface area contributed by atoms with Crippen molar-refractivity contribution in [3.63, 3.8) is 0 Å². The summed E-state index contributed by atoms with van der Waals surface area (Å²) < 4.78 is 12.5. The van der Waals surface area contributed by atoms with Crippen molar-refractivity contribution in [2.45, 2.75) is 76.3 Å². The van der Waals surface area contributed by atoms with E-state index >= 15 is 0 Å². The Labute approximate surface area is 142 Å². The van der Waals surface area contributed by atoms with E-state index in [2.05, 4.69) is 20.8 Å². The molecular weight excluding hydrogens is 308 g/mol.